The first-order chi connectivity index (χ1) is 21.9. The van der Waals surface area contributed by atoms with Crippen LogP contribution in [0.5, 0.6) is 0 Å². The van der Waals surface area contributed by atoms with Gasteiger partial charge < -0.3 is 19.8 Å². The number of hydrogen-bond acceptors (Lipinski definition) is 7. The number of aliphatic imine (C=N–C) groups is 1. The first kappa shape index (κ1) is 31.7. The lowest BCUT2D eigenvalue weighted by molar-refractivity contribution is -0.149. The molecule has 244 valence electrons. The van der Waals surface area contributed by atoms with Crippen molar-refractivity contribution in [3.05, 3.63) is 64.8 Å². The number of nitrogens with zero attached hydrogens (tertiary/aromatic N) is 5. The monoisotopic (exact) mass is 637 g/mol. The third-order valence-electron chi connectivity index (χ3n) is 9.25. The molecule has 1 fully saturated rings. The molecule has 3 aromatic heterocycles. The minimum atomic E-state index is -4.24. The zero-order chi connectivity index (χ0) is 32.7. The molecule has 0 saturated carbocycles. The van der Waals surface area contributed by atoms with Crippen molar-refractivity contribution in [1.29, 1.82) is 0 Å². The lowest BCUT2D eigenvalue weighted by Crippen LogP contribution is -2.50. The van der Waals surface area contributed by atoms with Crippen LogP contribution in [0.3, 0.4) is 0 Å². The van der Waals surface area contributed by atoms with Crippen LogP contribution in [0.4, 0.5) is 19.0 Å². The van der Waals surface area contributed by atoms with Gasteiger partial charge in [0, 0.05) is 85.8 Å². The summed E-state index contributed by atoms with van der Waals surface area (Å²) in [5, 5.41) is 6.27. The summed E-state index contributed by atoms with van der Waals surface area (Å²) in [6.45, 7) is 7.05. The number of pyridine rings is 2. The number of piperazine rings is 1. The molecule has 10 nitrogen and oxygen atoms in total. The number of fused-ring (bicyclic) bond motifs is 2. The van der Waals surface area contributed by atoms with Gasteiger partial charge in [0.2, 0.25) is 0 Å². The van der Waals surface area contributed by atoms with E-state index in [1.54, 1.807) is 19.2 Å². The van der Waals surface area contributed by atoms with E-state index < -0.39 is 18.6 Å². The maximum Gasteiger partial charge on any atom is 0.401 e. The van der Waals surface area contributed by atoms with Crippen molar-refractivity contribution in [3.63, 3.8) is 0 Å². The molecule has 2 atom stereocenters. The van der Waals surface area contributed by atoms with Crippen molar-refractivity contribution in [2.75, 3.05) is 58.2 Å². The molecule has 3 aromatic rings. The van der Waals surface area contributed by atoms with Gasteiger partial charge in [-0.1, -0.05) is 0 Å². The van der Waals surface area contributed by atoms with E-state index in [1.165, 1.54) is 12.0 Å². The van der Waals surface area contributed by atoms with Gasteiger partial charge in [0.1, 0.15) is 17.5 Å². The van der Waals surface area contributed by atoms with Gasteiger partial charge in [-0.25, -0.2) is 9.98 Å². The predicted molar refractivity (Wildman–Crippen MR) is 169 cm³/mol. The molecule has 0 bridgehead atoms. The highest BCUT2D eigenvalue weighted by atomic mass is 19.4. The SMILES string of the molecule is COC1=CC(C)=NC(=O)C1CNC(=O)c1cc2c(-c3ccnc4c3CCN4)ccn2c([C@H](C)N2CCN(CC(F)(F)F)CC2)c1C. The summed E-state index contributed by atoms with van der Waals surface area (Å²) < 4.78 is 46.7. The van der Waals surface area contributed by atoms with Gasteiger partial charge in [-0.3, -0.25) is 19.4 Å². The van der Waals surface area contributed by atoms with Gasteiger partial charge in [-0.2, -0.15) is 13.2 Å². The summed E-state index contributed by atoms with van der Waals surface area (Å²) >= 11 is 0. The Balaban J connectivity index is 1.37. The largest absolute Gasteiger partial charge is 0.500 e. The van der Waals surface area contributed by atoms with Gasteiger partial charge in [0.05, 0.1) is 19.2 Å². The second-order valence-corrected chi connectivity index (χ2v) is 12.1. The fourth-order valence-corrected chi connectivity index (χ4v) is 6.93. The van der Waals surface area contributed by atoms with Crippen LogP contribution < -0.4 is 10.6 Å². The maximum atomic E-state index is 13.9. The topological polar surface area (TPSA) is 104 Å². The second-order valence-electron chi connectivity index (χ2n) is 12.1. The Hall–Kier alpha value is -4.23. The first-order valence-corrected chi connectivity index (χ1v) is 15.5. The van der Waals surface area contributed by atoms with E-state index in [9.17, 15) is 22.8 Å². The zero-order valence-corrected chi connectivity index (χ0v) is 26.4. The molecule has 0 aliphatic carbocycles. The Bertz CT molecular complexity index is 1740. The second kappa shape index (κ2) is 12.5. The van der Waals surface area contributed by atoms with Crippen LogP contribution in [0.2, 0.25) is 0 Å². The third kappa shape index (κ3) is 6.13. The molecule has 1 saturated heterocycles. The summed E-state index contributed by atoms with van der Waals surface area (Å²) in [5.41, 5.74) is 6.57. The van der Waals surface area contributed by atoms with E-state index in [0.29, 0.717) is 43.2 Å². The number of aromatic nitrogens is 2. The smallest absolute Gasteiger partial charge is 0.401 e. The number of alkyl halides is 3. The average Bonchev–Trinajstić information content (AvgIpc) is 3.66. The molecule has 2 N–H and O–H groups in total. The lowest BCUT2D eigenvalue weighted by Gasteiger charge is -2.39. The summed E-state index contributed by atoms with van der Waals surface area (Å²) in [6, 6.07) is 5.71. The van der Waals surface area contributed by atoms with E-state index in [-0.39, 0.29) is 24.4 Å². The lowest BCUT2D eigenvalue weighted by atomic mass is 9.97. The number of rotatable bonds is 8. The third-order valence-corrected chi connectivity index (χ3v) is 9.25. The number of nitrogens with one attached hydrogen (secondary N) is 2. The van der Waals surface area contributed by atoms with E-state index in [2.05, 4.69) is 29.9 Å². The number of ether oxygens (including phenoxy) is 1. The average molecular weight is 638 g/mol. The molecule has 1 unspecified atom stereocenters. The summed E-state index contributed by atoms with van der Waals surface area (Å²) in [4.78, 5) is 38.7. The Morgan fingerprint density at radius 3 is 2.65 bits per heavy atom. The number of halogens is 3. The molecule has 3 aliphatic rings. The summed E-state index contributed by atoms with van der Waals surface area (Å²) in [7, 11) is 1.49. The predicted octanol–water partition coefficient (Wildman–Crippen LogP) is 4.40. The van der Waals surface area contributed by atoms with E-state index in [0.717, 1.165) is 52.2 Å². The number of anilines is 1. The number of carbonyl (C=O) groups is 2. The highest BCUT2D eigenvalue weighted by Gasteiger charge is 2.34. The van der Waals surface area contributed by atoms with Crippen LogP contribution >= 0.6 is 0 Å². The van der Waals surface area contributed by atoms with Crippen molar-refractivity contribution in [2.45, 2.75) is 39.4 Å². The quantitative estimate of drug-likeness (QED) is 0.378. The number of dihydropyridines is 1. The van der Waals surface area contributed by atoms with Crippen molar-refractivity contribution < 1.29 is 27.5 Å². The Morgan fingerprint density at radius 1 is 1.17 bits per heavy atom. The van der Waals surface area contributed by atoms with Crippen molar-refractivity contribution in [1.82, 2.24) is 24.5 Å². The van der Waals surface area contributed by atoms with Gasteiger partial charge in [-0.05, 0) is 62.6 Å². The molecule has 6 heterocycles. The maximum absolute atomic E-state index is 13.9. The summed E-state index contributed by atoms with van der Waals surface area (Å²) in [5.74, 6) is -0.157. The van der Waals surface area contributed by atoms with E-state index in [4.69, 9.17) is 4.74 Å². The number of methoxy groups -OCH3 is 1. The molecule has 3 aliphatic heterocycles. The number of amides is 2. The molecule has 0 spiro atoms. The fraction of sp³-hybridized carbons (Fsp3) is 0.455. The van der Waals surface area contributed by atoms with Crippen molar-refractivity contribution in [3.8, 4) is 11.1 Å². The van der Waals surface area contributed by atoms with Gasteiger partial charge in [-0.15, -0.1) is 0 Å². The minimum absolute atomic E-state index is 0.0161. The molecule has 13 heteroatoms. The van der Waals surface area contributed by atoms with Gasteiger partial charge in [0.25, 0.3) is 11.8 Å². The van der Waals surface area contributed by atoms with Crippen LogP contribution in [0.25, 0.3) is 16.6 Å². The number of carbonyl (C=O) groups excluding carboxylic acids is 2. The van der Waals surface area contributed by atoms with Crippen molar-refractivity contribution >= 4 is 28.9 Å². The highest BCUT2D eigenvalue weighted by Crippen LogP contribution is 2.38. The summed E-state index contributed by atoms with van der Waals surface area (Å²) in [6.07, 6.45) is 2.05. The Morgan fingerprint density at radius 2 is 1.93 bits per heavy atom. The first-order valence-electron chi connectivity index (χ1n) is 15.5. The minimum Gasteiger partial charge on any atom is -0.500 e. The van der Waals surface area contributed by atoms with E-state index >= 15 is 0 Å². The zero-order valence-electron chi connectivity index (χ0n) is 26.4. The van der Waals surface area contributed by atoms with Crippen molar-refractivity contribution in [2.24, 2.45) is 10.9 Å². The van der Waals surface area contributed by atoms with Gasteiger partial charge in [0.15, 0.2) is 0 Å². The van der Waals surface area contributed by atoms with Crippen LogP contribution in [-0.4, -0.2) is 95.8 Å². The fourth-order valence-electron chi connectivity index (χ4n) is 6.93. The molecular formula is C33H38F3N7O3. The molecule has 0 radical (unpaired) electrons. The Labute approximate surface area is 265 Å². The number of allylic oxidation sites excluding steroid dienone is 1. The molecule has 6 rings (SSSR count). The van der Waals surface area contributed by atoms with Crippen LogP contribution in [0.1, 0.15) is 47.1 Å². The van der Waals surface area contributed by atoms with E-state index in [1.807, 2.05) is 38.2 Å². The normalized spacial score (nSPS) is 19.8. The molecule has 2 amide bonds. The standard InChI is InChI=1S/C33H38F3N7O3/c1-19-15-28(46-4)26(32(45)40-19)17-39-31(44)25-16-27-23(22-5-8-37-30-24(22)6-9-38-30)7-10-43(27)29(20(25)2)21(3)42-13-11-41(12-14-42)18-33(34,35)36/h5,7-8,10,15-16,21,26H,6,9,11-14,17-18H2,1-4H3,(H,37,38)(H,39,44)/t21-,26?/m0/s1. The van der Waals surface area contributed by atoms with Crippen LogP contribution in [0.15, 0.2) is 47.4 Å². The van der Waals surface area contributed by atoms with Gasteiger partial charge >= 0.3 is 6.18 Å². The molecule has 0 aromatic carbocycles. The number of hydrogen-bond donors (Lipinski definition) is 2. The Kier molecular flexibility index (Phi) is 8.64. The molecule has 46 heavy (non-hydrogen) atoms. The van der Waals surface area contributed by atoms with Crippen LogP contribution in [-0.2, 0) is 16.0 Å². The highest BCUT2D eigenvalue weighted by molar-refractivity contribution is 6.06. The van der Waals surface area contributed by atoms with Crippen LogP contribution in [0, 0.1) is 12.8 Å². The molecular weight excluding hydrogens is 599 g/mol.